The van der Waals surface area contributed by atoms with Crippen LogP contribution in [0.1, 0.15) is 17.3 Å². The summed E-state index contributed by atoms with van der Waals surface area (Å²) in [5.41, 5.74) is 4.24. The molecule has 0 saturated carbocycles. The molecular formula is C9H9F2NO2. The molecule has 3 nitrogen and oxygen atoms in total. The van der Waals surface area contributed by atoms with E-state index in [4.69, 9.17) is 5.73 Å². The quantitative estimate of drug-likeness (QED) is 0.585. The molecule has 0 fully saturated rings. The minimum Gasteiger partial charge on any atom is -0.462 e. The van der Waals surface area contributed by atoms with E-state index in [0.29, 0.717) is 0 Å². The average molecular weight is 201 g/mol. The van der Waals surface area contributed by atoms with E-state index in [-0.39, 0.29) is 6.61 Å². The highest BCUT2D eigenvalue weighted by Crippen LogP contribution is 2.18. The van der Waals surface area contributed by atoms with Crippen LogP contribution >= 0.6 is 0 Å². The second kappa shape index (κ2) is 4.04. The van der Waals surface area contributed by atoms with Gasteiger partial charge in [0, 0.05) is 0 Å². The Balaban J connectivity index is 3.13. The van der Waals surface area contributed by atoms with Gasteiger partial charge in [-0.2, -0.15) is 0 Å². The molecule has 0 aromatic heterocycles. The molecule has 0 aliphatic rings. The maximum atomic E-state index is 13.2. The highest BCUT2D eigenvalue weighted by atomic mass is 19.1. The van der Waals surface area contributed by atoms with Crippen molar-refractivity contribution >= 4 is 11.7 Å². The van der Waals surface area contributed by atoms with Crippen molar-refractivity contribution in [2.45, 2.75) is 6.92 Å². The van der Waals surface area contributed by atoms with E-state index >= 15 is 0 Å². The summed E-state index contributed by atoms with van der Waals surface area (Å²) in [5, 5.41) is 0. The number of ether oxygens (including phenoxy) is 1. The summed E-state index contributed by atoms with van der Waals surface area (Å²) in [6.45, 7) is 1.66. The van der Waals surface area contributed by atoms with Gasteiger partial charge >= 0.3 is 5.97 Å². The molecule has 0 spiro atoms. The number of anilines is 1. The fourth-order valence-corrected chi connectivity index (χ4v) is 0.968. The third kappa shape index (κ3) is 1.99. The molecule has 0 atom stereocenters. The molecule has 0 radical (unpaired) electrons. The van der Waals surface area contributed by atoms with Crippen LogP contribution in [0.15, 0.2) is 12.1 Å². The average Bonchev–Trinajstić information content (AvgIpc) is 2.11. The van der Waals surface area contributed by atoms with E-state index in [1.165, 1.54) is 0 Å². The zero-order valence-corrected chi connectivity index (χ0v) is 7.51. The normalized spacial score (nSPS) is 9.93. The van der Waals surface area contributed by atoms with Gasteiger partial charge in [0.15, 0.2) is 5.82 Å². The van der Waals surface area contributed by atoms with Gasteiger partial charge in [0.1, 0.15) is 11.4 Å². The summed E-state index contributed by atoms with van der Waals surface area (Å²) in [4.78, 5) is 11.1. The highest BCUT2D eigenvalue weighted by molar-refractivity contribution is 5.90. The van der Waals surface area contributed by atoms with E-state index in [1.54, 1.807) is 6.92 Å². The smallest absolute Gasteiger partial charge is 0.341 e. The third-order valence-corrected chi connectivity index (χ3v) is 1.56. The van der Waals surface area contributed by atoms with Crippen LogP contribution in [-0.4, -0.2) is 12.6 Å². The van der Waals surface area contributed by atoms with Gasteiger partial charge in [-0.15, -0.1) is 0 Å². The van der Waals surface area contributed by atoms with Crippen molar-refractivity contribution in [2.75, 3.05) is 12.3 Å². The molecule has 0 heterocycles. The Morgan fingerprint density at radius 2 is 2.14 bits per heavy atom. The number of hydrogen-bond acceptors (Lipinski definition) is 3. The van der Waals surface area contributed by atoms with Gasteiger partial charge in [-0.3, -0.25) is 0 Å². The fraction of sp³-hybridized carbons (Fsp3) is 0.222. The minimum atomic E-state index is -0.954. The van der Waals surface area contributed by atoms with Crippen molar-refractivity contribution in [3.8, 4) is 0 Å². The Kier molecular flexibility index (Phi) is 3.01. The summed E-state index contributed by atoms with van der Waals surface area (Å²) in [6, 6.07) is 1.56. The van der Waals surface area contributed by atoms with Crippen molar-refractivity contribution in [1.29, 1.82) is 0 Å². The van der Waals surface area contributed by atoms with Crippen LogP contribution in [0.3, 0.4) is 0 Å². The van der Waals surface area contributed by atoms with Crippen molar-refractivity contribution < 1.29 is 18.3 Å². The van der Waals surface area contributed by atoms with Gasteiger partial charge in [0.25, 0.3) is 0 Å². The Morgan fingerprint density at radius 1 is 1.50 bits per heavy atom. The lowest BCUT2D eigenvalue weighted by Gasteiger charge is -2.04. The molecule has 0 aliphatic carbocycles. The molecule has 0 aliphatic heterocycles. The van der Waals surface area contributed by atoms with Crippen LogP contribution in [0.5, 0.6) is 0 Å². The summed E-state index contributed by atoms with van der Waals surface area (Å²) in [7, 11) is 0. The highest BCUT2D eigenvalue weighted by Gasteiger charge is 2.16. The van der Waals surface area contributed by atoms with Crippen molar-refractivity contribution in [2.24, 2.45) is 0 Å². The number of carbonyl (C=O) groups is 1. The molecule has 0 amide bonds. The largest absolute Gasteiger partial charge is 0.462 e. The summed E-state index contributed by atoms with van der Waals surface area (Å²) < 4.78 is 30.4. The van der Waals surface area contributed by atoms with Crippen LogP contribution in [0, 0.1) is 11.6 Å². The topological polar surface area (TPSA) is 52.3 Å². The number of nitrogens with two attached hydrogens (primary N) is 1. The third-order valence-electron chi connectivity index (χ3n) is 1.56. The maximum absolute atomic E-state index is 13.2. The molecule has 0 unspecified atom stereocenters. The maximum Gasteiger partial charge on any atom is 0.341 e. The monoisotopic (exact) mass is 201 g/mol. The lowest BCUT2D eigenvalue weighted by Crippen LogP contribution is -2.09. The lowest BCUT2D eigenvalue weighted by molar-refractivity contribution is 0.0520. The molecule has 0 saturated heterocycles. The zero-order valence-electron chi connectivity index (χ0n) is 7.51. The first-order valence-electron chi connectivity index (χ1n) is 3.98. The van der Waals surface area contributed by atoms with Crippen LogP contribution in [0.2, 0.25) is 0 Å². The Morgan fingerprint density at radius 3 is 2.71 bits per heavy atom. The summed E-state index contributed by atoms with van der Waals surface area (Å²) in [6.07, 6.45) is 0. The first kappa shape index (κ1) is 10.4. The van der Waals surface area contributed by atoms with Crippen LogP contribution in [-0.2, 0) is 4.74 Å². The molecule has 1 aromatic carbocycles. The molecule has 76 valence electrons. The van der Waals surface area contributed by atoms with Crippen LogP contribution in [0.4, 0.5) is 14.5 Å². The molecule has 1 rings (SSSR count). The standard InChI is InChI=1S/C9H9F2NO2/c1-2-14-9(13)6-3-5(10)4-7(12)8(6)11/h3-4H,2,12H2,1H3. The number of hydrogen-bond donors (Lipinski definition) is 1. The molecular weight excluding hydrogens is 192 g/mol. The van der Waals surface area contributed by atoms with Crippen molar-refractivity contribution in [1.82, 2.24) is 0 Å². The van der Waals surface area contributed by atoms with Gasteiger partial charge < -0.3 is 10.5 Å². The van der Waals surface area contributed by atoms with E-state index in [0.717, 1.165) is 12.1 Å². The number of rotatable bonds is 2. The molecule has 1 aromatic rings. The number of esters is 1. The number of carbonyl (C=O) groups excluding carboxylic acids is 1. The first-order chi connectivity index (χ1) is 6.56. The van der Waals surface area contributed by atoms with E-state index in [2.05, 4.69) is 4.74 Å². The summed E-state index contributed by atoms with van der Waals surface area (Å²) in [5.74, 6) is -2.65. The van der Waals surface area contributed by atoms with Gasteiger partial charge in [0.2, 0.25) is 0 Å². The molecule has 14 heavy (non-hydrogen) atoms. The van der Waals surface area contributed by atoms with Gasteiger partial charge in [0.05, 0.1) is 12.3 Å². The zero-order chi connectivity index (χ0) is 10.7. The van der Waals surface area contributed by atoms with Crippen molar-refractivity contribution in [3.63, 3.8) is 0 Å². The first-order valence-corrected chi connectivity index (χ1v) is 3.98. The second-order valence-electron chi connectivity index (χ2n) is 2.58. The van der Waals surface area contributed by atoms with Gasteiger partial charge in [-0.05, 0) is 19.1 Å². The Hall–Kier alpha value is -1.65. The number of nitrogen functional groups attached to an aromatic ring is 1. The van der Waals surface area contributed by atoms with Crippen LogP contribution in [0.25, 0.3) is 0 Å². The SMILES string of the molecule is CCOC(=O)c1cc(F)cc(N)c1F. The Labute approximate surface area is 79.5 Å². The van der Waals surface area contributed by atoms with E-state index < -0.39 is 28.9 Å². The van der Waals surface area contributed by atoms with E-state index in [1.807, 2.05) is 0 Å². The molecule has 5 heteroatoms. The number of benzene rings is 1. The van der Waals surface area contributed by atoms with Gasteiger partial charge in [-0.25, -0.2) is 13.6 Å². The predicted molar refractivity (Wildman–Crippen MR) is 46.7 cm³/mol. The van der Waals surface area contributed by atoms with Crippen LogP contribution < -0.4 is 5.73 Å². The molecule has 0 bridgehead atoms. The summed E-state index contributed by atoms with van der Waals surface area (Å²) >= 11 is 0. The predicted octanol–water partition coefficient (Wildman–Crippen LogP) is 1.72. The lowest BCUT2D eigenvalue weighted by atomic mass is 10.2. The fourth-order valence-electron chi connectivity index (χ4n) is 0.968. The number of halogens is 2. The minimum absolute atomic E-state index is 0.0920. The second-order valence-corrected chi connectivity index (χ2v) is 2.58. The van der Waals surface area contributed by atoms with Gasteiger partial charge in [-0.1, -0.05) is 0 Å². The van der Waals surface area contributed by atoms with Crippen molar-refractivity contribution in [3.05, 3.63) is 29.3 Å². The Bertz CT molecular complexity index is 366. The van der Waals surface area contributed by atoms with E-state index in [9.17, 15) is 13.6 Å². The molecule has 2 N–H and O–H groups in total.